The molecule has 0 amide bonds. The maximum Gasteiger partial charge on any atom is 0.175 e. The molecule has 0 aliphatic heterocycles. The molecule has 1 saturated carbocycles. The predicted octanol–water partition coefficient (Wildman–Crippen LogP) is 1.81. The van der Waals surface area contributed by atoms with Crippen LogP contribution in [0.4, 0.5) is 5.69 Å². The van der Waals surface area contributed by atoms with Crippen molar-refractivity contribution in [2.24, 2.45) is 0 Å². The Balaban J connectivity index is 2.06. The van der Waals surface area contributed by atoms with Crippen molar-refractivity contribution >= 4 is 15.5 Å². The highest BCUT2D eigenvalue weighted by Crippen LogP contribution is 2.23. The van der Waals surface area contributed by atoms with E-state index in [0.29, 0.717) is 4.90 Å². The number of aliphatic hydroxyl groups excluding tert-OH is 1. The van der Waals surface area contributed by atoms with Gasteiger partial charge in [-0.3, -0.25) is 0 Å². The van der Waals surface area contributed by atoms with Gasteiger partial charge < -0.3 is 10.4 Å². The quantitative estimate of drug-likeness (QED) is 0.878. The Morgan fingerprint density at radius 3 is 2.33 bits per heavy atom. The molecular weight excluding hydrogens is 250 g/mol. The van der Waals surface area contributed by atoms with Crippen molar-refractivity contribution in [3.8, 4) is 0 Å². The maximum atomic E-state index is 11.3. The number of aliphatic hydroxyl groups is 1. The molecule has 2 rings (SSSR count). The minimum atomic E-state index is -3.14. The van der Waals surface area contributed by atoms with Gasteiger partial charge in [0, 0.05) is 11.9 Å². The van der Waals surface area contributed by atoms with E-state index in [1.165, 1.54) is 6.26 Å². The highest BCUT2D eigenvalue weighted by molar-refractivity contribution is 7.90. The highest BCUT2D eigenvalue weighted by Gasteiger charge is 2.22. The van der Waals surface area contributed by atoms with E-state index in [-0.39, 0.29) is 12.1 Å². The molecule has 5 heteroatoms. The van der Waals surface area contributed by atoms with Crippen LogP contribution in [0.15, 0.2) is 29.2 Å². The van der Waals surface area contributed by atoms with Crippen LogP contribution >= 0.6 is 0 Å². The van der Waals surface area contributed by atoms with Crippen LogP contribution in [0.5, 0.6) is 0 Å². The van der Waals surface area contributed by atoms with Gasteiger partial charge in [0.2, 0.25) is 0 Å². The van der Waals surface area contributed by atoms with Crippen LogP contribution in [0, 0.1) is 0 Å². The average Bonchev–Trinajstić information content (AvgIpc) is 2.32. The van der Waals surface area contributed by atoms with Crippen LogP contribution in [-0.4, -0.2) is 31.9 Å². The lowest BCUT2D eigenvalue weighted by atomic mass is 9.92. The van der Waals surface area contributed by atoms with Crippen molar-refractivity contribution < 1.29 is 13.5 Å². The van der Waals surface area contributed by atoms with Crippen molar-refractivity contribution in [1.82, 2.24) is 0 Å². The summed E-state index contributed by atoms with van der Waals surface area (Å²) in [6.07, 6.45) is 4.87. The molecule has 0 saturated heterocycles. The molecule has 1 aliphatic carbocycles. The number of sulfone groups is 1. The lowest BCUT2D eigenvalue weighted by Gasteiger charge is -2.29. The highest BCUT2D eigenvalue weighted by atomic mass is 32.2. The minimum absolute atomic E-state index is 0.0721. The summed E-state index contributed by atoms with van der Waals surface area (Å²) in [6.45, 7) is 0. The number of nitrogens with one attached hydrogen (secondary N) is 1. The van der Waals surface area contributed by atoms with Gasteiger partial charge in [-0.05, 0) is 37.1 Å². The zero-order valence-electron chi connectivity index (χ0n) is 10.5. The fourth-order valence-electron chi connectivity index (χ4n) is 2.29. The van der Waals surface area contributed by atoms with Crippen molar-refractivity contribution in [3.05, 3.63) is 24.3 Å². The van der Waals surface area contributed by atoms with Gasteiger partial charge in [-0.25, -0.2) is 8.42 Å². The van der Waals surface area contributed by atoms with Crippen LogP contribution in [0.1, 0.15) is 25.7 Å². The van der Waals surface area contributed by atoms with E-state index >= 15 is 0 Å². The summed E-state index contributed by atoms with van der Waals surface area (Å²) in [4.78, 5) is 0.317. The molecule has 100 valence electrons. The van der Waals surface area contributed by atoms with Crippen LogP contribution in [0.2, 0.25) is 0 Å². The van der Waals surface area contributed by atoms with Crippen molar-refractivity contribution in [2.45, 2.75) is 42.7 Å². The molecule has 0 radical (unpaired) electrons. The van der Waals surface area contributed by atoms with E-state index in [2.05, 4.69) is 5.32 Å². The molecule has 0 aromatic heterocycles. The number of anilines is 1. The Labute approximate surface area is 108 Å². The first kappa shape index (κ1) is 13.4. The molecule has 1 fully saturated rings. The van der Waals surface area contributed by atoms with Crippen LogP contribution in [0.3, 0.4) is 0 Å². The van der Waals surface area contributed by atoms with Crippen LogP contribution in [-0.2, 0) is 9.84 Å². The average molecular weight is 269 g/mol. The Morgan fingerprint density at radius 1 is 1.17 bits per heavy atom. The first-order valence-electron chi connectivity index (χ1n) is 6.21. The normalized spacial score (nSPS) is 24.8. The molecule has 0 bridgehead atoms. The van der Waals surface area contributed by atoms with Gasteiger partial charge >= 0.3 is 0 Å². The minimum Gasteiger partial charge on any atom is -0.391 e. The second kappa shape index (κ2) is 5.28. The standard InChI is InChI=1S/C13H19NO3S/c1-18(16,17)11-8-6-10(7-9-11)14-12-4-2-3-5-13(12)15/h6-9,12-15H,2-5H2,1H3. The summed E-state index contributed by atoms with van der Waals surface area (Å²) in [7, 11) is -3.14. The molecule has 2 unspecified atom stereocenters. The van der Waals surface area contributed by atoms with Gasteiger partial charge in [-0.2, -0.15) is 0 Å². The number of hydrogen-bond acceptors (Lipinski definition) is 4. The summed E-state index contributed by atoms with van der Waals surface area (Å²) < 4.78 is 22.7. The van der Waals surface area contributed by atoms with Crippen molar-refractivity contribution in [2.75, 3.05) is 11.6 Å². The summed E-state index contributed by atoms with van der Waals surface area (Å²) in [5.41, 5.74) is 0.855. The molecule has 1 aromatic carbocycles. The third kappa shape index (κ3) is 3.23. The zero-order valence-corrected chi connectivity index (χ0v) is 11.3. The summed E-state index contributed by atoms with van der Waals surface area (Å²) in [6, 6.07) is 6.75. The summed E-state index contributed by atoms with van der Waals surface area (Å²) >= 11 is 0. The van der Waals surface area contributed by atoms with Gasteiger partial charge in [0.25, 0.3) is 0 Å². The first-order valence-corrected chi connectivity index (χ1v) is 8.11. The van der Waals surface area contributed by atoms with E-state index < -0.39 is 9.84 Å². The SMILES string of the molecule is CS(=O)(=O)c1ccc(NC2CCCCC2O)cc1. The predicted molar refractivity (Wildman–Crippen MR) is 71.4 cm³/mol. The number of benzene rings is 1. The maximum absolute atomic E-state index is 11.3. The molecule has 0 spiro atoms. The van der Waals surface area contributed by atoms with E-state index in [4.69, 9.17) is 0 Å². The number of hydrogen-bond donors (Lipinski definition) is 2. The Bertz CT molecular complexity index is 495. The fourth-order valence-corrected chi connectivity index (χ4v) is 2.92. The largest absolute Gasteiger partial charge is 0.391 e. The Kier molecular flexibility index (Phi) is 3.92. The van der Waals surface area contributed by atoms with Gasteiger partial charge in [0.15, 0.2) is 9.84 Å². The topological polar surface area (TPSA) is 66.4 Å². The van der Waals surface area contributed by atoms with E-state index in [1.807, 2.05) is 0 Å². The molecule has 4 nitrogen and oxygen atoms in total. The van der Waals surface area contributed by atoms with E-state index in [1.54, 1.807) is 24.3 Å². The lowest BCUT2D eigenvalue weighted by molar-refractivity contribution is 0.116. The second-order valence-corrected chi connectivity index (χ2v) is 6.91. The zero-order chi connectivity index (χ0) is 13.2. The molecule has 2 N–H and O–H groups in total. The van der Waals surface area contributed by atoms with Gasteiger partial charge in [0.05, 0.1) is 17.0 Å². The summed E-state index contributed by atoms with van der Waals surface area (Å²) in [5, 5.41) is 13.1. The molecule has 18 heavy (non-hydrogen) atoms. The number of rotatable bonds is 3. The van der Waals surface area contributed by atoms with Gasteiger partial charge in [-0.1, -0.05) is 12.8 Å². The molecule has 2 atom stereocenters. The van der Waals surface area contributed by atoms with Crippen molar-refractivity contribution in [3.63, 3.8) is 0 Å². The molecule has 0 heterocycles. The molecule has 1 aromatic rings. The van der Waals surface area contributed by atoms with Crippen LogP contribution < -0.4 is 5.32 Å². The van der Waals surface area contributed by atoms with Gasteiger partial charge in [-0.15, -0.1) is 0 Å². The van der Waals surface area contributed by atoms with Gasteiger partial charge in [0.1, 0.15) is 0 Å². The fraction of sp³-hybridized carbons (Fsp3) is 0.538. The lowest BCUT2D eigenvalue weighted by Crippen LogP contribution is -2.36. The Hall–Kier alpha value is -1.07. The van der Waals surface area contributed by atoms with E-state index in [9.17, 15) is 13.5 Å². The summed E-state index contributed by atoms with van der Waals surface area (Å²) in [5.74, 6) is 0. The molecule has 1 aliphatic rings. The second-order valence-electron chi connectivity index (χ2n) is 4.90. The van der Waals surface area contributed by atoms with Crippen LogP contribution in [0.25, 0.3) is 0 Å². The third-order valence-corrected chi connectivity index (χ3v) is 4.49. The first-order chi connectivity index (χ1) is 8.47. The van der Waals surface area contributed by atoms with E-state index in [0.717, 1.165) is 31.4 Å². The van der Waals surface area contributed by atoms with Crippen molar-refractivity contribution in [1.29, 1.82) is 0 Å². The Morgan fingerprint density at radius 2 is 1.78 bits per heavy atom. The monoisotopic (exact) mass is 269 g/mol. The smallest absolute Gasteiger partial charge is 0.175 e. The third-order valence-electron chi connectivity index (χ3n) is 3.36. The molecular formula is C13H19NO3S.